The molecule has 2 N–H and O–H groups in total. The van der Waals surface area contributed by atoms with Gasteiger partial charge in [0, 0.05) is 18.8 Å². The molecule has 1 unspecified atom stereocenters. The maximum absolute atomic E-state index is 10.9. The predicted molar refractivity (Wildman–Crippen MR) is 58.1 cm³/mol. The fourth-order valence-electron chi connectivity index (χ4n) is 3.19. The third-order valence-corrected chi connectivity index (χ3v) is 4.31. The minimum Gasteiger partial charge on any atom is -0.550 e. The summed E-state index contributed by atoms with van der Waals surface area (Å²) in [6.07, 6.45) is 4.37. The van der Waals surface area contributed by atoms with Crippen LogP contribution in [-0.2, 0) is 4.79 Å². The van der Waals surface area contributed by atoms with E-state index in [9.17, 15) is 9.90 Å². The van der Waals surface area contributed by atoms with E-state index in [0.717, 1.165) is 25.9 Å². The van der Waals surface area contributed by atoms with Gasteiger partial charge in [0.15, 0.2) is 0 Å². The number of quaternary nitrogens is 2. The number of carbonyl (C=O) groups excluding carboxylic acids is 1. The van der Waals surface area contributed by atoms with Crippen LogP contribution in [0.15, 0.2) is 0 Å². The van der Waals surface area contributed by atoms with Crippen molar-refractivity contribution in [2.45, 2.75) is 31.7 Å². The van der Waals surface area contributed by atoms with E-state index in [2.05, 4.69) is 7.05 Å². The smallest absolute Gasteiger partial charge is 0.0983 e. The van der Waals surface area contributed by atoms with Crippen LogP contribution in [0, 0.1) is 5.92 Å². The molecule has 0 aromatic heterocycles. The van der Waals surface area contributed by atoms with Crippen molar-refractivity contribution < 1.29 is 19.7 Å². The molecule has 2 saturated heterocycles. The lowest BCUT2D eigenvalue weighted by molar-refractivity contribution is -0.956. The number of rotatable bonds is 2. The maximum Gasteiger partial charge on any atom is 0.0983 e. The highest BCUT2D eigenvalue weighted by Crippen LogP contribution is 2.08. The first-order valence-corrected chi connectivity index (χ1v) is 6.53. The third-order valence-electron chi connectivity index (χ3n) is 4.31. The lowest BCUT2D eigenvalue weighted by Gasteiger charge is -2.38. The number of carboxylic acid groups (broad SMARTS) is 1. The highest BCUT2D eigenvalue weighted by atomic mass is 16.4. The lowest BCUT2D eigenvalue weighted by atomic mass is 9.94. The predicted octanol–water partition coefficient (Wildman–Crippen LogP) is -3.29. The van der Waals surface area contributed by atoms with Gasteiger partial charge in [-0.3, -0.25) is 0 Å². The molecule has 2 aliphatic rings. The monoisotopic (exact) mass is 227 g/mol. The van der Waals surface area contributed by atoms with Crippen LogP contribution < -0.4 is 14.9 Å². The van der Waals surface area contributed by atoms with Gasteiger partial charge in [-0.15, -0.1) is 0 Å². The number of carbonyl (C=O) groups is 1. The molecule has 0 bridgehead atoms. The van der Waals surface area contributed by atoms with Gasteiger partial charge in [0.2, 0.25) is 0 Å². The van der Waals surface area contributed by atoms with Gasteiger partial charge in [-0.25, -0.2) is 0 Å². The molecule has 0 spiro atoms. The number of hydrogen-bond acceptors (Lipinski definition) is 2. The van der Waals surface area contributed by atoms with Crippen molar-refractivity contribution in [1.29, 1.82) is 0 Å². The summed E-state index contributed by atoms with van der Waals surface area (Å²) in [7, 11) is 2.24. The van der Waals surface area contributed by atoms with Gasteiger partial charge in [0.25, 0.3) is 0 Å². The Morgan fingerprint density at radius 1 is 1.19 bits per heavy atom. The van der Waals surface area contributed by atoms with Gasteiger partial charge in [0.05, 0.1) is 45.2 Å². The molecule has 2 rings (SSSR count). The van der Waals surface area contributed by atoms with Crippen LogP contribution in [0.25, 0.3) is 0 Å². The van der Waals surface area contributed by atoms with E-state index in [0.29, 0.717) is 6.04 Å². The van der Waals surface area contributed by atoms with Gasteiger partial charge in [-0.1, -0.05) is 0 Å². The molecule has 4 nitrogen and oxygen atoms in total. The fourth-order valence-corrected chi connectivity index (χ4v) is 3.19. The van der Waals surface area contributed by atoms with Crippen molar-refractivity contribution in [3.8, 4) is 0 Å². The molecule has 16 heavy (non-hydrogen) atoms. The van der Waals surface area contributed by atoms with E-state index < -0.39 is 5.97 Å². The van der Waals surface area contributed by atoms with Crippen molar-refractivity contribution >= 4 is 5.97 Å². The van der Waals surface area contributed by atoms with Crippen LogP contribution in [0.2, 0.25) is 0 Å². The summed E-state index contributed by atoms with van der Waals surface area (Å²) in [5, 5.41) is 10.9. The number of piperidine rings is 2. The van der Waals surface area contributed by atoms with Crippen molar-refractivity contribution in [3.05, 3.63) is 0 Å². The highest BCUT2D eigenvalue weighted by molar-refractivity contribution is 5.67. The maximum atomic E-state index is 10.9. The fraction of sp³-hybridized carbons (Fsp3) is 0.917. The number of hydrogen-bond donors (Lipinski definition) is 2. The van der Waals surface area contributed by atoms with Gasteiger partial charge in [-0.2, -0.15) is 0 Å². The molecule has 0 radical (unpaired) electrons. The van der Waals surface area contributed by atoms with Gasteiger partial charge in [-0.05, 0) is 12.8 Å². The Labute approximate surface area is 97.2 Å². The topological polar surface area (TPSA) is 49.0 Å². The van der Waals surface area contributed by atoms with E-state index in [-0.39, 0.29) is 5.92 Å². The largest absolute Gasteiger partial charge is 0.550 e. The second kappa shape index (κ2) is 5.15. The van der Waals surface area contributed by atoms with Crippen LogP contribution >= 0.6 is 0 Å². The molecule has 0 aromatic carbocycles. The lowest BCUT2D eigenvalue weighted by Crippen LogP contribution is -3.20. The van der Waals surface area contributed by atoms with E-state index >= 15 is 0 Å². The minimum atomic E-state index is -0.837. The number of nitrogens with one attached hydrogen (secondary N) is 2. The Bertz CT molecular complexity index is 249. The van der Waals surface area contributed by atoms with Crippen molar-refractivity contribution in [2.75, 3.05) is 33.2 Å². The average molecular weight is 227 g/mol. The Morgan fingerprint density at radius 3 is 2.50 bits per heavy atom. The number of carboxylic acids is 1. The second-order valence-electron chi connectivity index (χ2n) is 5.50. The zero-order chi connectivity index (χ0) is 11.5. The van der Waals surface area contributed by atoms with Crippen LogP contribution in [0.1, 0.15) is 25.7 Å². The summed E-state index contributed by atoms with van der Waals surface area (Å²) in [6.45, 7) is 4.44. The summed E-state index contributed by atoms with van der Waals surface area (Å²) in [6, 6.07) is 0.700. The van der Waals surface area contributed by atoms with Crippen LogP contribution in [-0.4, -0.2) is 45.2 Å². The quantitative estimate of drug-likeness (QED) is 0.519. The highest BCUT2D eigenvalue weighted by Gasteiger charge is 2.32. The summed E-state index contributed by atoms with van der Waals surface area (Å²) in [5.74, 6) is -1.04. The van der Waals surface area contributed by atoms with E-state index in [1.165, 1.54) is 30.8 Å². The van der Waals surface area contributed by atoms with Gasteiger partial charge in [0.1, 0.15) is 0 Å². The summed E-state index contributed by atoms with van der Waals surface area (Å²) in [4.78, 5) is 14.0. The Morgan fingerprint density at radius 2 is 1.88 bits per heavy atom. The van der Waals surface area contributed by atoms with E-state index in [4.69, 9.17) is 0 Å². The molecule has 2 atom stereocenters. The molecule has 92 valence electrons. The Hall–Kier alpha value is -0.610. The van der Waals surface area contributed by atoms with Crippen molar-refractivity contribution in [2.24, 2.45) is 5.92 Å². The first kappa shape index (κ1) is 11.9. The SMILES string of the molecule is C[NH+]1CCC([NH+]2CCC[C@H](C(=O)[O-])C2)CC1. The summed E-state index contributed by atoms with van der Waals surface area (Å²) >= 11 is 0. The normalized spacial score (nSPS) is 40.6. The zero-order valence-corrected chi connectivity index (χ0v) is 10.1. The van der Waals surface area contributed by atoms with Crippen LogP contribution in [0.3, 0.4) is 0 Å². The second-order valence-corrected chi connectivity index (χ2v) is 5.50. The van der Waals surface area contributed by atoms with E-state index in [1.54, 1.807) is 4.90 Å². The Kier molecular flexibility index (Phi) is 3.82. The van der Waals surface area contributed by atoms with E-state index in [1.807, 2.05) is 0 Å². The standard InChI is InChI=1S/C12H22N2O2/c1-13-7-4-11(5-8-13)14-6-2-3-10(9-14)12(15)16/h10-11H,2-9H2,1H3,(H,15,16)/p+1/t10-/m0/s1. The summed E-state index contributed by atoms with van der Waals surface area (Å²) < 4.78 is 0. The average Bonchev–Trinajstić information content (AvgIpc) is 2.30. The first-order valence-electron chi connectivity index (χ1n) is 6.53. The molecular weight excluding hydrogens is 204 g/mol. The molecule has 0 aliphatic carbocycles. The minimum absolute atomic E-state index is 0.198. The van der Waals surface area contributed by atoms with Crippen LogP contribution in [0.5, 0.6) is 0 Å². The third kappa shape index (κ3) is 2.74. The molecular formula is C12H23N2O2+. The summed E-state index contributed by atoms with van der Waals surface area (Å²) in [5.41, 5.74) is 0. The molecule has 4 heteroatoms. The van der Waals surface area contributed by atoms with Crippen molar-refractivity contribution in [1.82, 2.24) is 0 Å². The zero-order valence-electron chi connectivity index (χ0n) is 10.1. The number of likely N-dealkylation sites (tertiary alicyclic amines) is 2. The molecule has 0 amide bonds. The Balaban J connectivity index is 1.87. The molecule has 2 fully saturated rings. The molecule has 0 aromatic rings. The van der Waals surface area contributed by atoms with Crippen LogP contribution in [0.4, 0.5) is 0 Å². The molecule has 0 saturated carbocycles. The number of aliphatic carboxylic acids is 1. The van der Waals surface area contributed by atoms with Gasteiger partial charge < -0.3 is 19.7 Å². The first-order chi connectivity index (χ1) is 7.66. The molecule has 2 aliphatic heterocycles. The molecule has 2 heterocycles. The van der Waals surface area contributed by atoms with Gasteiger partial charge >= 0.3 is 0 Å². The van der Waals surface area contributed by atoms with Crippen molar-refractivity contribution in [3.63, 3.8) is 0 Å².